The minimum absolute atomic E-state index is 0.663. The zero-order valence-electron chi connectivity index (χ0n) is 12.4. The molecule has 0 bridgehead atoms. The van der Waals surface area contributed by atoms with Gasteiger partial charge in [0.15, 0.2) is 0 Å². The van der Waals surface area contributed by atoms with E-state index in [2.05, 4.69) is 0 Å². The van der Waals surface area contributed by atoms with E-state index in [1.54, 1.807) is 52.0 Å². The molecule has 1 saturated heterocycles. The molecule has 0 N–H and O–H groups in total. The minimum Gasteiger partial charge on any atom is -0.443 e. The van der Waals surface area contributed by atoms with Gasteiger partial charge in [-0.2, -0.15) is 12.7 Å². The summed E-state index contributed by atoms with van der Waals surface area (Å²) in [6, 6.07) is 8.24. The normalized spacial score (nSPS) is 24.9. The molecule has 1 aliphatic heterocycles. The number of benzene rings is 1. The zero-order chi connectivity index (χ0) is 15.8. The number of nitrogens with zero attached hydrogens (tertiary/aromatic N) is 1. The van der Waals surface area contributed by atoms with Gasteiger partial charge >= 0.3 is 16.4 Å². The van der Waals surface area contributed by atoms with Crippen LogP contribution in [0, 0.1) is 0 Å². The van der Waals surface area contributed by atoms with E-state index in [1.165, 1.54) is 0 Å². The molecule has 116 valence electrons. The van der Waals surface area contributed by atoms with E-state index in [-0.39, 0.29) is 0 Å². The fourth-order valence-electron chi connectivity index (χ4n) is 2.13. The Hall–Kier alpha value is -1.60. The van der Waals surface area contributed by atoms with Crippen molar-refractivity contribution in [1.29, 1.82) is 0 Å². The molecule has 6 nitrogen and oxygen atoms in total. The Bertz CT molecular complexity index is 621. The summed E-state index contributed by atoms with van der Waals surface area (Å²) in [6.45, 7) is 6.64. The topological polar surface area (TPSA) is 72.9 Å². The summed E-state index contributed by atoms with van der Waals surface area (Å²) in [6.07, 6.45) is -1.66. The number of rotatable bonds is 1. The number of hydrogen-bond acceptors (Lipinski definition) is 5. The zero-order valence-corrected chi connectivity index (χ0v) is 13.3. The molecular weight excluding hydrogens is 294 g/mol. The fraction of sp³-hybridized carbons (Fsp3) is 0.500. The number of ether oxygens (including phenoxy) is 1. The molecule has 1 amide bonds. The lowest BCUT2D eigenvalue weighted by Gasteiger charge is -2.25. The summed E-state index contributed by atoms with van der Waals surface area (Å²) in [5, 5.41) is 0. The van der Waals surface area contributed by atoms with Crippen LogP contribution in [0.15, 0.2) is 30.3 Å². The van der Waals surface area contributed by atoms with Gasteiger partial charge in [0, 0.05) is 0 Å². The number of carbonyl (C=O) groups excluding carboxylic acids is 1. The molecule has 21 heavy (non-hydrogen) atoms. The summed E-state index contributed by atoms with van der Waals surface area (Å²) in [4.78, 5) is 12.1. The molecule has 1 aliphatic rings. The summed E-state index contributed by atoms with van der Waals surface area (Å²) < 4.78 is 35.1. The largest absolute Gasteiger partial charge is 0.443 e. The predicted molar refractivity (Wildman–Crippen MR) is 76.7 cm³/mol. The van der Waals surface area contributed by atoms with Gasteiger partial charge in [0.2, 0.25) is 0 Å². The number of amides is 1. The molecule has 0 unspecified atom stereocenters. The maximum atomic E-state index is 12.1. The fourth-order valence-corrected chi connectivity index (χ4v) is 3.49. The second kappa shape index (κ2) is 5.31. The van der Waals surface area contributed by atoms with Gasteiger partial charge in [0.25, 0.3) is 0 Å². The number of carbonyl (C=O) groups is 1. The lowest BCUT2D eigenvalue weighted by Crippen LogP contribution is -2.41. The van der Waals surface area contributed by atoms with E-state index in [1.807, 2.05) is 6.07 Å². The lowest BCUT2D eigenvalue weighted by atomic mass is 10.0. The summed E-state index contributed by atoms with van der Waals surface area (Å²) in [7, 11) is -4.15. The summed E-state index contributed by atoms with van der Waals surface area (Å²) in [5.74, 6) is 0. The molecular formula is C14H19NO5S. The van der Waals surface area contributed by atoms with Crippen LogP contribution < -0.4 is 0 Å². The van der Waals surface area contributed by atoms with Crippen molar-refractivity contribution in [3.05, 3.63) is 35.9 Å². The molecule has 0 aliphatic carbocycles. The Morgan fingerprint density at radius 1 is 1.24 bits per heavy atom. The first-order valence-electron chi connectivity index (χ1n) is 6.62. The Labute approximate surface area is 124 Å². The number of hydrogen-bond donors (Lipinski definition) is 0. The van der Waals surface area contributed by atoms with E-state index < -0.39 is 34.1 Å². The predicted octanol–water partition coefficient (Wildman–Crippen LogP) is 2.63. The SMILES string of the molecule is C[C@H]1[C@@H](c2ccccc2)OS(=O)(=O)N1C(=O)OC(C)(C)C. The van der Waals surface area contributed by atoms with Gasteiger partial charge in [-0.1, -0.05) is 30.3 Å². The Kier molecular flexibility index (Phi) is 3.99. The second-order valence-corrected chi connectivity index (χ2v) is 7.34. The van der Waals surface area contributed by atoms with E-state index in [0.717, 1.165) is 0 Å². The molecule has 2 rings (SSSR count). The van der Waals surface area contributed by atoms with Crippen LogP contribution in [0.1, 0.15) is 39.4 Å². The highest BCUT2D eigenvalue weighted by atomic mass is 32.2. The third-order valence-corrected chi connectivity index (χ3v) is 4.39. The van der Waals surface area contributed by atoms with Crippen LogP contribution in [0.2, 0.25) is 0 Å². The molecule has 1 fully saturated rings. The molecule has 0 saturated carbocycles. The minimum atomic E-state index is -4.15. The van der Waals surface area contributed by atoms with Crippen molar-refractivity contribution in [3.8, 4) is 0 Å². The first-order chi connectivity index (χ1) is 9.62. The van der Waals surface area contributed by atoms with Crippen LogP contribution in [0.4, 0.5) is 4.79 Å². The second-order valence-electron chi connectivity index (χ2n) is 5.90. The summed E-state index contributed by atoms with van der Waals surface area (Å²) >= 11 is 0. The van der Waals surface area contributed by atoms with Crippen molar-refractivity contribution < 1.29 is 22.1 Å². The van der Waals surface area contributed by atoms with Gasteiger partial charge in [0.05, 0.1) is 6.04 Å². The maximum Gasteiger partial charge on any atom is 0.426 e. The van der Waals surface area contributed by atoms with Gasteiger partial charge < -0.3 is 4.74 Å². The average Bonchev–Trinajstić information content (AvgIpc) is 2.58. The Morgan fingerprint density at radius 2 is 1.81 bits per heavy atom. The van der Waals surface area contributed by atoms with Crippen LogP contribution in [0.3, 0.4) is 0 Å². The third kappa shape index (κ3) is 3.36. The molecule has 1 heterocycles. The van der Waals surface area contributed by atoms with Crippen molar-refractivity contribution in [3.63, 3.8) is 0 Å². The average molecular weight is 313 g/mol. The molecule has 7 heteroatoms. The lowest BCUT2D eigenvalue weighted by molar-refractivity contribution is 0.0347. The third-order valence-electron chi connectivity index (χ3n) is 2.98. The molecule has 0 spiro atoms. The molecule has 1 aromatic carbocycles. The first-order valence-corrected chi connectivity index (χ1v) is 7.99. The monoisotopic (exact) mass is 313 g/mol. The first kappa shape index (κ1) is 15.8. The van der Waals surface area contributed by atoms with E-state index in [4.69, 9.17) is 8.92 Å². The van der Waals surface area contributed by atoms with E-state index in [0.29, 0.717) is 9.87 Å². The molecule has 0 radical (unpaired) electrons. The maximum absolute atomic E-state index is 12.1. The van der Waals surface area contributed by atoms with Crippen LogP contribution in [-0.2, 0) is 19.2 Å². The smallest absolute Gasteiger partial charge is 0.426 e. The van der Waals surface area contributed by atoms with Crippen molar-refractivity contribution in [1.82, 2.24) is 4.31 Å². The molecule has 1 aromatic rings. The van der Waals surface area contributed by atoms with Crippen molar-refractivity contribution >= 4 is 16.4 Å². The highest BCUT2D eigenvalue weighted by molar-refractivity contribution is 7.85. The van der Waals surface area contributed by atoms with Gasteiger partial charge in [-0.3, -0.25) is 0 Å². The standard InChI is InChI=1S/C14H19NO5S/c1-10-12(11-8-6-5-7-9-11)20-21(17,18)15(10)13(16)19-14(2,3)4/h5-10,12H,1-4H3/t10-,12-/m0/s1. The highest BCUT2D eigenvalue weighted by Crippen LogP contribution is 2.36. The van der Waals surface area contributed by atoms with Crippen LogP contribution in [0.25, 0.3) is 0 Å². The van der Waals surface area contributed by atoms with Crippen molar-refractivity contribution in [2.75, 3.05) is 0 Å². The quantitative estimate of drug-likeness (QED) is 0.797. The Balaban J connectivity index is 2.29. The van der Waals surface area contributed by atoms with Gasteiger partial charge in [-0.25, -0.2) is 8.98 Å². The molecule has 0 aromatic heterocycles. The highest BCUT2D eigenvalue weighted by Gasteiger charge is 2.49. The van der Waals surface area contributed by atoms with E-state index in [9.17, 15) is 13.2 Å². The van der Waals surface area contributed by atoms with Crippen molar-refractivity contribution in [2.24, 2.45) is 0 Å². The molecule has 2 atom stereocenters. The van der Waals surface area contributed by atoms with Crippen LogP contribution in [-0.4, -0.2) is 30.5 Å². The van der Waals surface area contributed by atoms with Gasteiger partial charge in [0.1, 0.15) is 11.7 Å². The van der Waals surface area contributed by atoms with Crippen LogP contribution in [0.5, 0.6) is 0 Å². The van der Waals surface area contributed by atoms with Crippen LogP contribution >= 0.6 is 0 Å². The van der Waals surface area contributed by atoms with Gasteiger partial charge in [-0.05, 0) is 33.3 Å². The summed E-state index contributed by atoms with van der Waals surface area (Å²) in [5.41, 5.74) is -0.0865. The Morgan fingerprint density at radius 3 is 2.33 bits per heavy atom. The van der Waals surface area contributed by atoms with Gasteiger partial charge in [-0.15, -0.1) is 0 Å². The van der Waals surface area contributed by atoms with E-state index >= 15 is 0 Å². The van der Waals surface area contributed by atoms with Crippen molar-refractivity contribution in [2.45, 2.75) is 45.4 Å².